The number of nitrogens with zero attached hydrogens (tertiary/aromatic N) is 3. The summed E-state index contributed by atoms with van der Waals surface area (Å²) in [5, 5.41) is 4.39. The second kappa shape index (κ2) is 6.99. The van der Waals surface area contributed by atoms with Gasteiger partial charge in [-0.05, 0) is 24.3 Å². The molecule has 0 saturated heterocycles. The number of benzene rings is 2. The highest BCUT2D eigenvalue weighted by Crippen LogP contribution is 2.32. The van der Waals surface area contributed by atoms with Crippen molar-refractivity contribution in [1.29, 1.82) is 0 Å². The van der Waals surface area contributed by atoms with Gasteiger partial charge < -0.3 is 19.4 Å². The zero-order chi connectivity index (χ0) is 18.8. The lowest BCUT2D eigenvalue weighted by atomic mass is 10.1. The summed E-state index contributed by atoms with van der Waals surface area (Å²) < 4.78 is 12.8. The van der Waals surface area contributed by atoms with Crippen molar-refractivity contribution in [2.24, 2.45) is 7.05 Å². The van der Waals surface area contributed by atoms with E-state index >= 15 is 0 Å². The van der Waals surface area contributed by atoms with Gasteiger partial charge in [-0.15, -0.1) is 0 Å². The molecule has 0 aliphatic heterocycles. The highest BCUT2D eigenvalue weighted by atomic mass is 16.5. The van der Waals surface area contributed by atoms with E-state index in [9.17, 15) is 0 Å². The number of hydrogen-bond acceptors (Lipinski definition) is 5. The molecule has 0 aliphatic rings. The molecule has 0 radical (unpaired) electrons. The Morgan fingerprint density at radius 2 is 1.85 bits per heavy atom. The van der Waals surface area contributed by atoms with Gasteiger partial charge in [0.1, 0.15) is 11.5 Å². The minimum atomic E-state index is 0.504. The van der Waals surface area contributed by atoms with Crippen LogP contribution in [0.5, 0.6) is 11.5 Å². The van der Waals surface area contributed by atoms with E-state index in [4.69, 9.17) is 14.5 Å². The summed E-state index contributed by atoms with van der Waals surface area (Å²) in [6.07, 6.45) is 3.84. The molecule has 27 heavy (non-hydrogen) atoms. The first-order valence-corrected chi connectivity index (χ1v) is 8.56. The summed E-state index contributed by atoms with van der Waals surface area (Å²) in [7, 11) is 5.28. The fourth-order valence-electron chi connectivity index (χ4n) is 3.14. The van der Waals surface area contributed by atoms with Crippen molar-refractivity contribution < 1.29 is 9.47 Å². The molecule has 0 fully saturated rings. The van der Waals surface area contributed by atoms with Crippen LogP contribution < -0.4 is 14.8 Å². The number of anilines is 2. The van der Waals surface area contributed by atoms with Gasteiger partial charge >= 0.3 is 0 Å². The van der Waals surface area contributed by atoms with Crippen molar-refractivity contribution in [2.45, 2.75) is 0 Å². The first-order chi connectivity index (χ1) is 13.2. The zero-order valence-corrected chi connectivity index (χ0v) is 15.4. The zero-order valence-electron chi connectivity index (χ0n) is 15.4. The van der Waals surface area contributed by atoms with Gasteiger partial charge in [-0.1, -0.05) is 18.2 Å². The quantitative estimate of drug-likeness (QED) is 0.572. The van der Waals surface area contributed by atoms with Crippen LogP contribution in [0.15, 0.2) is 60.9 Å². The second-order valence-electron chi connectivity index (χ2n) is 6.13. The summed E-state index contributed by atoms with van der Waals surface area (Å²) in [5.41, 5.74) is 3.86. The molecule has 2 aromatic heterocycles. The van der Waals surface area contributed by atoms with Crippen LogP contribution in [0.3, 0.4) is 0 Å². The minimum Gasteiger partial charge on any atom is -0.497 e. The lowest BCUT2D eigenvalue weighted by Crippen LogP contribution is -2.00. The standard InChI is InChI=1S/C21H20N4O2/c1-25-13-16(15-6-4-5-7-19(15)25)17-10-11-22-21(23-17)24-18-9-8-14(26-2)12-20(18)27-3/h4-13H,1-3H3,(H,22,23,24). The van der Waals surface area contributed by atoms with Crippen molar-refractivity contribution in [3.05, 3.63) is 60.9 Å². The Labute approximate surface area is 157 Å². The molecular weight excluding hydrogens is 340 g/mol. The summed E-state index contributed by atoms with van der Waals surface area (Å²) in [5.74, 6) is 1.89. The Balaban J connectivity index is 1.71. The molecular formula is C21H20N4O2. The third kappa shape index (κ3) is 3.17. The Kier molecular flexibility index (Phi) is 4.38. The van der Waals surface area contributed by atoms with E-state index in [2.05, 4.69) is 33.2 Å². The molecule has 0 amide bonds. The minimum absolute atomic E-state index is 0.504. The van der Waals surface area contributed by atoms with Crippen LogP contribution in [0.4, 0.5) is 11.6 Å². The molecule has 0 saturated carbocycles. The second-order valence-corrected chi connectivity index (χ2v) is 6.13. The monoisotopic (exact) mass is 360 g/mol. The number of para-hydroxylation sites is 1. The molecule has 0 bridgehead atoms. The molecule has 2 heterocycles. The average Bonchev–Trinajstić information content (AvgIpc) is 3.05. The van der Waals surface area contributed by atoms with E-state index in [0.717, 1.165) is 33.6 Å². The number of rotatable bonds is 5. The summed E-state index contributed by atoms with van der Waals surface area (Å²) in [6, 6.07) is 15.7. The first kappa shape index (κ1) is 16.9. The van der Waals surface area contributed by atoms with Crippen molar-refractivity contribution in [1.82, 2.24) is 14.5 Å². The van der Waals surface area contributed by atoms with Crippen LogP contribution in [0.25, 0.3) is 22.2 Å². The molecule has 6 nitrogen and oxygen atoms in total. The topological polar surface area (TPSA) is 61.2 Å². The van der Waals surface area contributed by atoms with Gasteiger partial charge in [0.25, 0.3) is 0 Å². The molecule has 1 N–H and O–H groups in total. The lowest BCUT2D eigenvalue weighted by Gasteiger charge is -2.12. The average molecular weight is 360 g/mol. The van der Waals surface area contributed by atoms with Crippen LogP contribution in [-0.4, -0.2) is 28.8 Å². The maximum atomic E-state index is 5.43. The van der Waals surface area contributed by atoms with E-state index in [0.29, 0.717) is 11.7 Å². The van der Waals surface area contributed by atoms with Gasteiger partial charge in [0.2, 0.25) is 5.95 Å². The van der Waals surface area contributed by atoms with Crippen LogP contribution in [0.2, 0.25) is 0 Å². The Morgan fingerprint density at radius 1 is 1.00 bits per heavy atom. The summed E-state index contributed by atoms with van der Waals surface area (Å²) >= 11 is 0. The van der Waals surface area contributed by atoms with E-state index in [-0.39, 0.29) is 0 Å². The third-order valence-electron chi connectivity index (χ3n) is 4.48. The van der Waals surface area contributed by atoms with Crippen molar-refractivity contribution >= 4 is 22.5 Å². The Morgan fingerprint density at radius 3 is 2.67 bits per heavy atom. The first-order valence-electron chi connectivity index (χ1n) is 8.56. The Bertz CT molecular complexity index is 1100. The highest BCUT2D eigenvalue weighted by Gasteiger charge is 2.12. The van der Waals surface area contributed by atoms with Gasteiger partial charge in [-0.3, -0.25) is 0 Å². The van der Waals surface area contributed by atoms with Crippen LogP contribution in [0.1, 0.15) is 0 Å². The molecule has 136 valence electrons. The fraction of sp³-hybridized carbons (Fsp3) is 0.143. The largest absolute Gasteiger partial charge is 0.497 e. The maximum absolute atomic E-state index is 5.43. The Hall–Kier alpha value is -3.54. The number of methoxy groups -OCH3 is 2. The van der Waals surface area contributed by atoms with E-state index in [1.54, 1.807) is 20.4 Å². The van der Waals surface area contributed by atoms with E-state index in [1.165, 1.54) is 0 Å². The number of fused-ring (bicyclic) bond motifs is 1. The molecule has 0 aliphatic carbocycles. The molecule has 4 aromatic rings. The lowest BCUT2D eigenvalue weighted by molar-refractivity contribution is 0.395. The van der Waals surface area contributed by atoms with Gasteiger partial charge in [-0.2, -0.15) is 0 Å². The van der Waals surface area contributed by atoms with Crippen LogP contribution in [-0.2, 0) is 7.05 Å². The third-order valence-corrected chi connectivity index (χ3v) is 4.48. The van der Waals surface area contributed by atoms with Gasteiger partial charge in [-0.25, -0.2) is 9.97 Å². The van der Waals surface area contributed by atoms with Crippen LogP contribution >= 0.6 is 0 Å². The number of aromatic nitrogens is 3. The molecule has 6 heteroatoms. The summed E-state index contributed by atoms with van der Waals surface area (Å²) in [4.78, 5) is 9.05. The normalized spacial score (nSPS) is 10.8. The number of nitrogens with one attached hydrogen (secondary N) is 1. The SMILES string of the molecule is COc1ccc(Nc2nccc(-c3cn(C)c4ccccc34)n2)c(OC)c1. The predicted molar refractivity (Wildman–Crippen MR) is 107 cm³/mol. The predicted octanol–water partition coefficient (Wildman–Crippen LogP) is 4.40. The van der Waals surface area contributed by atoms with Crippen molar-refractivity contribution in [2.75, 3.05) is 19.5 Å². The number of hydrogen-bond donors (Lipinski definition) is 1. The molecule has 0 spiro atoms. The van der Waals surface area contributed by atoms with E-state index < -0.39 is 0 Å². The maximum Gasteiger partial charge on any atom is 0.227 e. The highest BCUT2D eigenvalue weighted by molar-refractivity contribution is 5.95. The molecule has 4 rings (SSSR count). The number of ether oxygens (including phenoxy) is 2. The number of aryl methyl sites for hydroxylation is 1. The van der Waals surface area contributed by atoms with Crippen LogP contribution in [0, 0.1) is 0 Å². The van der Waals surface area contributed by atoms with Gasteiger partial charge in [0.05, 0.1) is 25.6 Å². The fourth-order valence-corrected chi connectivity index (χ4v) is 3.14. The van der Waals surface area contributed by atoms with Gasteiger partial charge in [0.15, 0.2) is 0 Å². The van der Waals surface area contributed by atoms with E-state index in [1.807, 2.05) is 43.4 Å². The molecule has 0 atom stereocenters. The molecule has 0 unspecified atom stereocenters. The van der Waals surface area contributed by atoms with Crippen molar-refractivity contribution in [3.63, 3.8) is 0 Å². The smallest absolute Gasteiger partial charge is 0.227 e. The molecule has 2 aromatic carbocycles. The summed E-state index contributed by atoms with van der Waals surface area (Å²) in [6.45, 7) is 0. The van der Waals surface area contributed by atoms with Gasteiger partial charge in [0, 0.05) is 42.0 Å². The van der Waals surface area contributed by atoms with Crippen molar-refractivity contribution in [3.8, 4) is 22.8 Å².